The van der Waals surface area contributed by atoms with E-state index in [0.717, 1.165) is 10.7 Å². The fourth-order valence-electron chi connectivity index (χ4n) is 2.69. The summed E-state index contributed by atoms with van der Waals surface area (Å²) >= 11 is 0. The van der Waals surface area contributed by atoms with Crippen molar-refractivity contribution >= 4 is 13.2 Å². The zero-order valence-corrected chi connectivity index (χ0v) is 14.9. The first-order chi connectivity index (χ1) is 10.7. The molecule has 1 aromatic heterocycles. The zero-order chi connectivity index (χ0) is 17.4. The van der Waals surface area contributed by atoms with Crippen LogP contribution in [0.2, 0.25) is 0 Å². The number of aliphatic hydroxyl groups excluding tert-OH is 1. The number of rotatable bonds is 5. The minimum atomic E-state index is -1.23. The Morgan fingerprint density at radius 3 is 2.65 bits per heavy atom. The molecule has 8 heteroatoms. The molecule has 0 aliphatic carbocycles. The molecule has 0 aromatic carbocycles. The van der Waals surface area contributed by atoms with Crippen LogP contribution in [0, 0.1) is 0 Å². The van der Waals surface area contributed by atoms with Crippen LogP contribution in [0.1, 0.15) is 12.6 Å². The number of hydrogen-bond acceptors (Lipinski definition) is 5. The largest absolute Gasteiger partial charge is 0.388 e. The van der Waals surface area contributed by atoms with Gasteiger partial charge in [-0.05, 0) is 25.9 Å². The highest BCUT2D eigenvalue weighted by molar-refractivity contribution is 7.72. The van der Waals surface area contributed by atoms with E-state index in [1.807, 2.05) is 0 Å². The predicted molar refractivity (Wildman–Crippen MR) is 92.0 cm³/mol. The van der Waals surface area contributed by atoms with Crippen LogP contribution in [-0.2, 0) is 16.5 Å². The maximum Gasteiger partial charge on any atom is 0.332 e. The standard InChI is InChI=1S/C15H25N2O5P/c1-16-11(18)6-8-17(15(16)20)14-13(21-2)12(19)10(22-14)7-9-23(3,4)5/h6,8,10,12-14,19H,3,7,9H2,1-2,4-5H3/t10-,12-,13-,14-/m1/s1. The Morgan fingerprint density at radius 2 is 2.09 bits per heavy atom. The molecule has 1 N–H and O–H groups in total. The van der Waals surface area contributed by atoms with E-state index in [-0.39, 0.29) is 5.56 Å². The number of ether oxygens (including phenoxy) is 2. The van der Waals surface area contributed by atoms with Crippen molar-refractivity contribution in [2.24, 2.45) is 7.05 Å². The van der Waals surface area contributed by atoms with E-state index in [0.29, 0.717) is 6.42 Å². The smallest absolute Gasteiger partial charge is 0.332 e. The number of aromatic nitrogens is 2. The van der Waals surface area contributed by atoms with Gasteiger partial charge in [-0.3, -0.25) is 13.9 Å². The first kappa shape index (κ1) is 18.2. The first-order valence-electron chi connectivity index (χ1n) is 7.47. The lowest BCUT2D eigenvalue weighted by Crippen LogP contribution is -2.42. The maximum absolute atomic E-state index is 12.3. The van der Waals surface area contributed by atoms with Gasteiger partial charge in [-0.2, -0.15) is 0 Å². The lowest BCUT2D eigenvalue weighted by molar-refractivity contribution is -0.0546. The molecule has 0 bridgehead atoms. The summed E-state index contributed by atoms with van der Waals surface area (Å²) < 4.78 is 13.5. The van der Waals surface area contributed by atoms with E-state index in [1.54, 1.807) is 0 Å². The molecule has 1 aromatic rings. The predicted octanol–water partition coefficient (Wildman–Crippen LogP) is -0.0804. The topological polar surface area (TPSA) is 82.7 Å². The van der Waals surface area contributed by atoms with Gasteiger partial charge in [-0.25, -0.2) is 4.79 Å². The van der Waals surface area contributed by atoms with Gasteiger partial charge in [-0.15, -0.1) is 13.2 Å². The Kier molecular flexibility index (Phi) is 5.36. The molecule has 1 aliphatic rings. The van der Waals surface area contributed by atoms with Gasteiger partial charge in [0.05, 0.1) is 6.10 Å². The average Bonchev–Trinajstić information content (AvgIpc) is 2.78. The van der Waals surface area contributed by atoms with E-state index in [4.69, 9.17) is 9.47 Å². The summed E-state index contributed by atoms with van der Waals surface area (Å²) in [6, 6.07) is 1.29. The molecule has 4 atom stereocenters. The van der Waals surface area contributed by atoms with E-state index in [1.165, 1.54) is 31.0 Å². The SMILES string of the molecule is C=P(C)(C)CC[C@H]1O[C@@H](n2ccc(=O)n(C)c2=O)[C@H](OC)[C@@H]1O. The molecule has 23 heavy (non-hydrogen) atoms. The maximum atomic E-state index is 12.3. The van der Waals surface area contributed by atoms with Crippen molar-refractivity contribution in [2.75, 3.05) is 26.6 Å². The van der Waals surface area contributed by atoms with Crippen LogP contribution >= 0.6 is 6.89 Å². The van der Waals surface area contributed by atoms with Crippen molar-refractivity contribution in [3.05, 3.63) is 33.1 Å². The third-order valence-corrected chi connectivity index (χ3v) is 5.56. The van der Waals surface area contributed by atoms with Gasteiger partial charge in [-0.1, -0.05) is 0 Å². The van der Waals surface area contributed by atoms with Gasteiger partial charge in [0.1, 0.15) is 12.2 Å². The first-order valence-corrected chi connectivity index (χ1v) is 10.5. The van der Waals surface area contributed by atoms with Crippen molar-refractivity contribution in [3.63, 3.8) is 0 Å². The molecule has 130 valence electrons. The summed E-state index contributed by atoms with van der Waals surface area (Å²) in [6.07, 6.45) is 4.39. The molecular weight excluding hydrogens is 319 g/mol. The summed E-state index contributed by atoms with van der Waals surface area (Å²) in [7, 11) is 2.87. The molecular formula is C15H25N2O5P. The van der Waals surface area contributed by atoms with Gasteiger partial charge in [0.25, 0.3) is 5.56 Å². The lowest BCUT2D eigenvalue weighted by Gasteiger charge is -2.20. The monoisotopic (exact) mass is 344 g/mol. The fraction of sp³-hybridized carbons (Fsp3) is 0.667. The van der Waals surface area contributed by atoms with Crippen LogP contribution in [0.15, 0.2) is 21.9 Å². The van der Waals surface area contributed by atoms with Gasteiger partial charge in [0.15, 0.2) is 6.23 Å². The Balaban J connectivity index is 2.29. The van der Waals surface area contributed by atoms with E-state index in [2.05, 4.69) is 19.6 Å². The quantitative estimate of drug-likeness (QED) is 0.756. The number of nitrogens with zero attached hydrogens (tertiary/aromatic N) is 2. The second kappa shape index (κ2) is 6.77. The van der Waals surface area contributed by atoms with Gasteiger partial charge >= 0.3 is 5.69 Å². The lowest BCUT2D eigenvalue weighted by atomic mass is 10.1. The Morgan fingerprint density at radius 1 is 1.43 bits per heavy atom. The van der Waals surface area contributed by atoms with Crippen LogP contribution in [0.4, 0.5) is 0 Å². The van der Waals surface area contributed by atoms with Crippen molar-refractivity contribution in [3.8, 4) is 0 Å². The zero-order valence-electron chi connectivity index (χ0n) is 14.0. The summed E-state index contributed by atoms with van der Waals surface area (Å²) in [4.78, 5) is 23.8. The molecule has 1 saturated heterocycles. The highest BCUT2D eigenvalue weighted by atomic mass is 31.2. The Bertz CT molecular complexity index is 719. The summed E-state index contributed by atoms with van der Waals surface area (Å²) in [5.74, 6) is 0. The highest BCUT2D eigenvalue weighted by Gasteiger charge is 2.45. The molecule has 2 heterocycles. The van der Waals surface area contributed by atoms with E-state index < -0.39 is 37.1 Å². The molecule has 2 rings (SSSR count). The third-order valence-electron chi connectivity index (χ3n) is 4.09. The van der Waals surface area contributed by atoms with Crippen LogP contribution in [0.3, 0.4) is 0 Å². The van der Waals surface area contributed by atoms with Crippen LogP contribution in [0.5, 0.6) is 0 Å². The minimum Gasteiger partial charge on any atom is -0.388 e. The molecule has 1 fully saturated rings. The molecule has 0 saturated carbocycles. The van der Waals surface area contributed by atoms with Gasteiger partial charge < -0.3 is 14.6 Å². The normalized spacial score (nSPS) is 28.2. The van der Waals surface area contributed by atoms with Crippen molar-refractivity contribution < 1.29 is 14.6 Å². The molecule has 0 unspecified atom stereocenters. The van der Waals surface area contributed by atoms with Crippen molar-refractivity contribution in [2.45, 2.75) is 31.0 Å². The fourth-order valence-corrected chi connectivity index (χ4v) is 3.65. The third kappa shape index (κ3) is 3.86. The molecule has 1 aliphatic heterocycles. The van der Waals surface area contributed by atoms with Crippen molar-refractivity contribution in [1.82, 2.24) is 9.13 Å². The van der Waals surface area contributed by atoms with E-state index >= 15 is 0 Å². The minimum absolute atomic E-state index is 0.390. The van der Waals surface area contributed by atoms with Crippen LogP contribution in [-0.4, -0.2) is 65.5 Å². The average molecular weight is 344 g/mol. The van der Waals surface area contributed by atoms with Crippen LogP contribution < -0.4 is 11.2 Å². The molecule has 0 spiro atoms. The number of methoxy groups -OCH3 is 1. The van der Waals surface area contributed by atoms with Crippen LogP contribution in [0.25, 0.3) is 0 Å². The summed E-state index contributed by atoms with van der Waals surface area (Å²) in [5.41, 5.74) is -0.888. The second-order valence-corrected chi connectivity index (χ2v) is 10.9. The Hall–Kier alpha value is -1.14. The Labute approximate surface area is 135 Å². The second-order valence-electron chi connectivity index (χ2n) is 6.61. The summed E-state index contributed by atoms with van der Waals surface area (Å²) in [5, 5.41) is 10.5. The molecule has 7 nitrogen and oxygen atoms in total. The highest BCUT2D eigenvalue weighted by Crippen LogP contribution is 2.39. The van der Waals surface area contributed by atoms with Crippen molar-refractivity contribution in [1.29, 1.82) is 0 Å². The molecule has 0 amide bonds. The molecule has 0 radical (unpaired) electrons. The number of aliphatic hydroxyl groups is 1. The van der Waals surface area contributed by atoms with Gasteiger partial charge in [0, 0.05) is 26.4 Å². The van der Waals surface area contributed by atoms with Gasteiger partial charge in [0.2, 0.25) is 0 Å². The number of hydrogen-bond donors (Lipinski definition) is 1. The van der Waals surface area contributed by atoms with E-state index in [9.17, 15) is 14.7 Å². The summed E-state index contributed by atoms with van der Waals surface area (Å²) in [6.45, 7) is 3.01.